The van der Waals surface area contributed by atoms with Crippen molar-refractivity contribution in [3.05, 3.63) is 179 Å². The van der Waals surface area contributed by atoms with Crippen LogP contribution in [0.4, 0.5) is 22.7 Å². The average molecular weight is 601 g/mol. The molecule has 2 heteroatoms. The maximum atomic E-state index is 6.63. The van der Waals surface area contributed by atoms with Crippen molar-refractivity contribution in [2.75, 3.05) is 10.6 Å². The summed E-state index contributed by atoms with van der Waals surface area (Å²) < 4.78 is 0. The molecule has 0 saturated heterocycles. The number of nitrogens with zero attached hydrogens (tertiary/aromatic N) is 1. The van der Waals surface area contributed by atoms with Gasteiger partial charge < -0.3 is 10.6 Å². The Bertz CT molecular complexity index is 1990. The molecule has 46 heavy (non-hydrogen) atoms. The lowest BCUT2D eigenvalue weighted by atomic mass is 9.91. The van der Waals surface area contributed by atoms with Crippen LogP contribution < -0.4 is 10.6 Å². The van der Waals surface area contributed by atoms with Crippen LogP contribution in [0.1, 0.15) is 33.4 Å². The summed E-state index contributed by atoms with van der Waals surface area (Å²) >= 11 is 0. The van der Waals surface area contributed by atoms with Crippen molar-refractivity contribution in [1.82, 2.24) is 0 Å². The second-order valence-electron chi connectivity index (χ2n) is 12.0. The molecule has 0 atom stereocenters. The highest BCUT2D eigenvalue weighted by Gasteiger charge is 2.19. The minimum absolute atomic E-state index is 0.813. The summed E-state index contributed by atoms with van der Waals surface area (Å²) in [4.78, 5) is 2.30. The molecule has 0 amide bonds. The van der Waals surface area contributed by atoms with Gasteiger partial charge in [0.2, 0.25) is 0 Å². The van der Waals surface area contributed by atoms with Crippen molar-refractivity contribution >= 4 is 44.3 Å². The zero-order valence-electron chi connectivity index (χ0n) is 27.9. The average Bonchev–Trinajstić information content (AvgIpc) is 3.07. The highest BCUT2D eigenvalue weighted by Crippen LogP contribution is 2.44. The molecule has 0 aliphatic rings. The van der Waals surface area contributed by atoms with Crippen LogP contribution in [-0.4, -0.2) is 0 Å². The van der Waals surface area contributed by atoms with E-state index in [4.69, 9.17) is 5.73 Å². The number of aryl methyl sites for hydroxylation is 6. The zero-order valence-corrected chi connectivity index (χ0v) is 27.9. The Morgan fingerprint density at radius 3 is 1.41 bits per heavy atom. The number of nitrogens with two attached hydrogens (primary N) is 1. The number of hydrogen-bond acceptors (Lipinski definition) is 2. The van der Waals surface area contributed by atoms with Gasteiger partial charge in [0, 0.05) is 22.4 Å². The van der Waals surface area contributed by atoms with Gasteiger partial charge >= 0.3 is 0 Å². The highest BCUT2D eigenvalue weighted by atomic mass is 15.1. The third kappa shape index (κ3) is 7.30. The molecule has 2 nitrogen and oxygen atoms in total. The Hall–Kier alpha value is -5.34. The number of nitrogen functional groups attached to an aromatic ring is 1. The molecule has 2 N–H and O–H groups in total. The van der Waals surface area contributed by atoms with E-state index >= 15 is 0 Å². The van der Waals surface area contributed by atoms with Gasteiger partial charge in [-0.2, -0.15) is 0 Å². The predicted molar refractivity (Wildman–Crippen MR) is 202 cm³/mol. The van der Waals surface area contributed by atoms with Gasteiger partial charge in [-0.1, -0.05) is 132 Å². The smallest absolute Gasteiger partial charge is 0.0560 e. The molecule has 0 aliphatic carbocycles. The van der Waals surface area contributed by atoms with Crippen LogP contribution in [0.3, 0.4) is 0 Å². The summed E-state index contributed by atoms with van der Waals surface area (Å²) in [5, 5.41) is 5.00. The second kappa shape index (κ2) is 14.6. The number of anilines is 4. The van der Waals surface area contributed by atoms with E-state index in [9.17, 15) is 0 Å². The zero-order chi connectivity index (χ0) is 32.6. The molecule has 0 fully saturated rings. The van der Waals surface area contributed by atoms with Crippen LogP contribution in [0, 0.1) is 41.5 Å². The number of rotatable bonds is 3. The molecule has 0 heterocycles. The van der Waals surface area contributed by atoms with Crippen LogP contribution in [0.5, 0.6) is 0 Å². The van der Waals surface area contributed by atoms with Gasteiger partial charge in [-0.3, -0.25) is 0 Å². The summed E-state index contributed by atoms with van der Waals surface area (Å²) in [6.45, 7) is 12.8. The summed E-state index contributed by atoms with van der Waals surface area (Å²) in [5.74, 6) is 0. The van der Waals surface area contributed by atoms with Crippen LogP contribution >= 0.6 is 0 Å². The van der Waals surface area contributed by atoms with E-state index in [0.29, 0.717) is 0 Å². The van der Waals surface area contributed by atoms with Crippen molar-refractivity contribution in [3.63, 3.8) is 0 Å². The third-order valence-corrected chi connectivity index (χ3v) is 8.48. The summed E-state index contributed by atoms with van der Waals surface area (Å²) in [6.07, 6.45) is 0. The van der Waals surface area contributed by atoms with Crippen LogP contribution in [0.2, 0.25) is 0 Å². The topological polar surface area (TPSA) is 29.3 Å². The molecule has 0 saturated carbocycles. The molecule has 7 rings (SSSR count). The molecule has 0 unspecified atom stereocenters. The quantitative estimate of drug-likeness (QED) is 0.161. The number of fused-ring (bicyclic) bond motifs is 3. The Morgan fingerprint density at radius 2 is 0.935 bits per heavy atom. The minimum Gasteiger partial charge on any atom is -0.398 e. The first-order valence-corrected chi connectivity index (χ1v) is 15.9. The monoisotopic (exact) mass is 600 g/mol. The normalized spacial score (nSPS) is 10.5. The van der Waals surface area contributed by atoms with Gasteiger partial charge in [0.15, 0.2) is 0 Å². The predicted octanol–water partition coefficient (Wildman–Crippen LogP) is 12.3. The van der Waals surface area contributed by atoms with Crippen molar-refractivity contribution in [1.29, 1.82) is 0 Å². The molecule has 0 spiro atoms. The second-order valence-corrected chi connectivity index (χ2v) is 12.0. The summed E-state index contributed by atoms with van der Waals surface area (Å²) in [7, 11) is 0. The van der Waals surface area contributed by atoms with Gasteiger partial charge in [0.1, 0.15) is 0 Å². The van der Waals surface area contributed by atoms with E-state index in [1.165, 1.54) is 49.4 Å². The van der Waals surface area contributed by atoms with Crippen molar-refractivity contribution < 1.29 is 0 Å². The van der Waals surface area contributed by atoms with E-state index in [0.717, 1.165) is 28.3 Å². The van der Waals surface area contributed by atoms with Crippen LogP contribution in [-0.2, 0) is 0 Å². The van der Waals surface area contributed by atoms with Crippen LogP contribution in [0.25, 0.3) is 21.5 Å². The molecular weight excluding hydrogens is 556 g/mol. The maximum absolute atomic E-state index is 6.63. The molecule has 7 aromatic rings. The van der Waals surface area contributed by atoms with Crippen LogP contribution in [0.15, 0.2) is 146 Å². The molecular formula is C44H44N2. The fraction of sp³-hybridized carbons (Fsp3) is 0.136. The molecule has 0 bridgehead atoms. The fourth-order valence-electron chi connectivity index (χ4n) is 5.89. The summed E-state index contributed by atoms with van der Waals surface area (Å²) in [5.41, 5.74) is 18.5. The van der Waals surface area contributed by atoms with E-state index < -0.39 is 0 Å². The first-order valence-electron chi connectivity index (χ1n) is 15.9. The maximum Gasteiger partial charge on any atom is 0.0560 e. The summed E-state index contributed by atoms with van der Waals surface area (Å²) in [6, 6.07) is 50.7. The first kappa shape index (κ1) is 32.1. The van der Waals surface area contributed by atoms with E-state index in [1.807, 2.05) is 30.3 Å². The molecule has 0 radical (unpaired) electrons. The molecule has 7 aromatic carbocycles. The largest absolute Gasteiger partial charge is 0.398 e. The van der Waals surface area contributed by atoms with Crippen molar-refractivity contribution in [2.45, 2.75) is 41.5 Å². The van der Waals surface area contributed by atoms with Gasteiger partial charge in [-0.05, 0) is 105 Å². The van der Waals surface area contributed by atoms with E-state index in [2.05, 4.69) is 162 Å². The minimum atomic E-state index is 0.813. The highest BCUT2D eigenvalue weighted by molar-refractivity contribution is 6.17. The first-order chi connectivity index (χ1) is 22.2. The molecule has 0 aliphatic heterocycles. The van der Waals surface area contributed by atoms with Gasteiger partial charge in [-0.25, -0.2) is 0 Å². The van der Waals surface area contributed by atoms with Crippen molar-refractivity contribution in [3.8, 4) is 0 Å². The van der Waals surface area contributed by atoms with E-state index in [1.54, 1.807) is 0 Å². The lowest BCUT2D eigenvalue weighted by Crippen LogP contribution is -2.11. The molecule has 230 valence electrons. The Labute approximate surface area is 274 Å². The van der Waals surface area contributed by atoms with Gasteiger partial charge in [-0.15, -0.1) is 0 Å². The lowest BCUT2D eigenvalue weighted by molar-refractivity contribution is 1.29. The lowest BCUT2D eigenvalue weighted by Gasteiger charge is -2.28. The number of benzene rings is 7. The number of para-hydroxylation sites is 2. The van der Waals surface area contributed by atoms with E-state index in [-0.39, 0.29) is 0 Å². The van der Waals surface area contributed by atoms with Crippen molar-refractivity contribution in [2.24, 2.45) is 0 Å². The van der Waals surface area contributed by atoms with Gasteiger partial charge in [0.25, 0.3) is 0 Å². The Balaban J connectivity index is 0.000000227. The fourth-order valence-corrected chi connectivity index (χ4v) is 5.89. The Morgan fingerprint density at radius 1 is 0.435 bits per heavy atom. The standard InChI is InChI=1S/C29H26N2.C8H10.C7H8/c1-19-14-15-22-16-17-25-27(18-26(30)21(3)29(25)28(22)20(19)2)31(23-10-6-4-7-11-23)24-12-8-5-9-13-24;1-7-4-3-5-8(2)6-7;1-7-5-3-2-4-6-7/h4-18H,30H2,1-3H3;3-6H,1-2H3;2-6H,1H3. The Kier molecular flexibility index (Phi) is 10.2. The third-order valence-electron chi connectivity index (χ3n) is 8.48. The molecule has 0 aromatic heterocycles. The van der Waals surface area contributed by atoms with Gasteiger partial charge in [0.05, 0.1) is 5.69 Å². The number of hydrogen-bond donors (Lipinski definition) is 1. The SMILES string of the molecule is Cc1ccc2ccc3c(N(c4ccccc4)c4ccccc4)cc(N)c(C)c3c2c1C.Cc1cccc(C)c1.Cc1ccccc1.